The van der Waals surface area contributed by atoms with Crippen molar-refractivity contribution in [1.82, 2.24) is 4.98 Å². The number of aromatic hydroxyl groups is 1. The Balaban J connectivity index is 3.05. The normalized spacial score (nSPS) is 9.50. The molecule has 0 aromatic carbocycles. The van der Waals surface area contributed by atoms with Crippen molar-refractivity contribution in [2.75, 3.05) is 7.11 Å². The highest BCUT2D eigenvalue weighted by molar-refractivity contribution is 14.1. The summed E-state index contributed by atoms with van der Waals surface area (Å²) in [6.45, 7) is 0. The Hall–Kier alpha value is -0.850. The van der Waals surface area contributed by atoms with Crippen LogP contribution in [0.1, 0.15) is 10.4 Å². The minimum Gasteiger partial charge on any atom is -0.505 e. The van der Waals surface area contributed by atoms with E-state index in [1.807, 2.05) is 22.6 Å². The maximum atomic E-state index is 10.9. The van der Waals surface area contributed by atoms with E-state index in [0.717, 1.165) is 0 Å². The minimum absolute atomic E-state index is 0.0153. The van der Waals surface area contributed by atoms with Crippen LogP contribution in [0.5, 0.6) is 5.75 Å². The summed E-state index contributed by atoms with van der Waals surface area (Å²) in [5.74, 6) is -0.521. The van der Waals surface area contributed by atoms with Gasteiger partial charge in [0, 0.05) is 6.20 Å². The summed E-state index contributed by atoms with van der Waals surface area (Å²) < 4.78 is 4.90. The highest BCUT2D eigenvalue weighted by atomic mass is 127. The van der Waals surface area contributed by atoms with Crippen LogP contribution in [0, 0.1) is 3.70 Å². The van der Waals surface area contributed by atoms with Gasteiger partial charge in [0.2, 0.25) is 0 Å². The third kappa shape index (κ3) is 1.84. The minimum atomic E-state index is -0.505. The Morgan fingerprint density at radius 1 is 1.75 bits per heavy atom. The quantitative estimate of drug-likeness (QED) is 0.476. The fourth-order valence-corrected chi connectivity index (χ4v) is 0.961. The van der Waals surface area contributed by atoms with Crippen LogP contribution in [-0.4, -0.2) is 23.2 Å². The van der Waals surface area contributed by atoms with Gasteiger partial charge >= 0.3 is 5.97 Å². The van der Waals surface area contributed by atoms with E-state index in [1.54, 1.807) is 0 Å². The molecule has 0 amide bonds. The zero-order chi connectivity index (χ0) is 9.14. The molecular weight excluding hydrogens is 273 g/mol. The van der Waals surface area contributed by atoms with E-state index < -0.39 is 5.97 Å². The molecule has 1 aromatic heterocycles. The average Bonchev–Trinajstić information content (AvgIpc) is 2.08. The Kier molecular flexibility index (Phi) is 2.85. The summed E-state index contributed by atoms with van der Waals surface area (Å²) in [5.41, 5.74) is 0.246. The molecule has 1 heterocycles. The molecule has 0 fully saturated rings. The van der Waals surface area contributed by atoms with Crippen molar-refractivity contribution in [2.24, 2.45) is 0 Å². The van der Waals surface area contributed by atoms with Gasteiger partial charge in [-0.15, -0.1) is 0 Å². The number of carbonyl (C=O) groups is 1. The van der Waals surface area contributed by atoms with Crippen LogP contribution in [0.15, 0.2) is 12.3 Å². The number of pyridine rings is 1. The third-order valence-corrected chi connectivity index (χ3v) is 2.07. The first-order chi connectivity index (χ1) is 5.65. The standard InChI is InChI=1S/C7H6INO3/c1-12-7(11)4-2-5(10)6(8)9-3-4/h2-3,10H,1H3. The fourth-order valence-electron chi connectivity index (χ4n) is 0.666. The second-order valence-corrected chi connectivity index (χ2v) is 3.05. The zero-order valence-electron chi connectivity index (χ0n) is 6.24. The molecule has 0 aliphatic carbocycles. The smallest absolute Gasteiger partial charge is 0.339 e. The lowest BCUT2D eigenvalue weighted by atomic mass is 10.3. The molecule has 1 aromatic rings. The molecule has 1 rings (SSSR count). The maximum Gasteiger partial charge on any atom is 0.339 e. The first kappa shape index (κ1) is 9.24. The SMILES string of the molecule is COC(=O)c1cnc(I)c(O)c1. The highest BCUT2D eigenvalue weighted by Gasteiger charge is 2.08. The number of methoxy groups -OCH3 is 1. The van der Waals surface area contributed by atoms with Crippen LogP contribution in [0.4, 0.5) is 0 Å². The lowest BCUT2D eigenvalue weighted by molar-refractivity contribution is 0.0599. The van der Waals surface area contributed by atoms with Crippen molar-refractivity contribution in [3.63, 3.8) is 0 Å². The van der Waals surface area contributed by atoms with Gasteiger partial charge < -0.3 is 9.84 Å². The van der Waals surface area contributed by atoms with Crippen LogP contribution in [0.25, 0.3) is 0 Å². The van der Waals surface area contributed by atoms with Crippen LogP contribution in [-0.2, 0) is 4.74 Å². The van der Waals surface area contributed by atoms with Crippen molar-refractivity contribution < 1.29 is 14.6 Å². The summed E-state index contributed by atoms with van der Waals surface area (Å²) in [6, 6.07) is 1.32. The molecule has 5 heteroatoms. The number of hydrogen-bond donors (Lipinski definition) is 1. The van der Waals surface area contributed by atoms with Gasteiger partial charge in [-0.2, -0.15) is 0 Å². The predicted molar refractivity (Wildman–Crippen MR) is 50.0 cm³/mol. The van der Waals surface area contributed by atoms with Crippen LogP contribution >= 0.6 is 22.6 Å². The summed E-state index contributed by atoms with van der Waals surface area (Å²) >= 11 is 1.86. The molecule has 0 radical (unpaired) electrons. The molecular formula is C7H6INO3. The van der Waals surface area contributed by atoms with E-state index in [1.165, 1.54) is 19.4 Å². The first-order valence-corrected chi connectivity index (χ1v) is 4.16. The number of hydrogen-bond acceptors (Lipinski definition) is 4. The lowest BCUT2D eigenvalue weighted by Crippen LogP contribution is -2.01. The topological polar surface area (TPSA) is 59.4 Å². The van der Waals surface area contributed by atoms with E-state index in [9.17, 15) is 4.79 Å². The van der Waals surface area contributed by atoms with Gasteiger partial charge in [0.15, 0.2) is 0 Å². The predicted octanol–water partition coefficient (Wildman–Crippen LogP) is 1.18. The number of carbonyl (C=O) groups excluding carboxylic acids is 1. The van der Waals surface area contributed by atoms with E-state index in [2.05, 4.69) is 9.72 Å². The van der Waals surface area contributed by atoms with Gasteiger partial charge in [0.05, 0.1) is 12.7 Å². The second-order valence-electron chi connectivity index (χ2n) is 2.03. The molecule has 0 unspecified atom stereocenters. The third-order valence-electron chi connectivity index (χ3n) is 1.24. The monoisotopic (exact) mass is 279 g/mol. The van der Waals surface area contributed by atoms with Crippen molar-refractivity contribution in [1.29, 1.82) is 0 Å². The van der Waals surface area contributed by atoms with Gasteiger partial charge in [-0.25, -0.2) is 9.78 Å². The van der Waals surface area contributed by atoms with Crippen molar-refractivity contribution in [3.8, 4) is 5.75 Å². The number of aromatic nitrogens is 1. The van der Waals surface area contributed by atoms with E-state index in [4.69, 9.17) is 5.11 Å². The van der Waals surface area contributed by atoms with Crippen LogP contribution in [0.3, 0.4) is 0 Å². The molecule has 1 N–H and O–H groups in total. The van der Waals surface area contributed by atoms with Gasteiger partial charge in [-0.3, -0.25) is 0 Å². The van der Waals surface area contributed by atoms with Crippen LogP contribution in [0.2, 0.25) is 0 Å². The number of ether oxygens (including phenoxy) is 1. The molecule has 0 saturated heterocycles. The number of esters is 1. The molecule has 0 bridgehead atoms. The molecule has 0 spiro atoms. The first-order valence-electron chi connectivity index (χ1n) is 3.08. The fraction of sp³-hybridized carbons (Fsp3) is 0.143. The molecule has 4 nitrogen and oxygen atoms in total. The maximum absolute atomic E-state index is 10.9. The molecule has 0 saturated carbocycles. The van der Waals surface area contributed by atoms with Gasteiger partial charge in [-0.05, 0) is 28.7 Å². The van der Waals surface area contributed by atoms with Gasteiger partial charge in [0.25, 0.3) is 0 Å². The zero-order valence-corrected chi connectivity index (χ0v) is 8.40. The number of nitrogens with zero attached hydrogens (tertiary/aromatic N) is 1. The number of rotatable bonds is 1. The average molecular weight is 279 g/mol. The molecule has 0 aliphatic heterocycles. The van der Waals surface area contributed by atoms with Crippen molar-refractivity contribution >= 4 is 28.6 Å². The van der Waals surface area contributed by atoms with E-state index in [0.29, 0.717) is 3.70 Å². The number of halogens is 1. The molecule has 12 heavy (non-hydrogen) atoms. The summed E-state index contributed by atoms with van der Waals surface area (Å²) in [4.78, 5) is 14.7. The Morgan fingerprint density at radius 3 is 2.92 bits per heavy atom. The Morgan fingerprint density at radius 2 is 2.42 bits per heavy atom. The highest BCUT2D eigenvalue weighted by Crippen LogP contribution is 2.17. The summed E-state index contributed by atoms with van der Waals surface area (Å²) in [5, 5.41) is 9.17. The van der Waals surface area contributed by atoms with Crippen LogP contribution < -0.4 is 0 Å². The van der Waals surface area contributed by atoms with Crippen molar-refractivity contribution in [2.45, 2.75) is 0 Å². The Labute approximate surface area is 82.7 Å². The summed E-state index contributed by atoms with van der Waals surface area (Å²) in [6.07, 6.45) is 1.35. The Bertz CT molecular complexity index is 314. The largest absolute Gasteiger partial charge is 0.505 e. The van der Waals surface area contributed by atoms with Gasteiger partial charge in [0.1, 0.15) is 9.45 Å². The van der Waals surface area contributed by atoms with Crippen molar-refractivity contribution in [3.05, 3.63) is 21.5 Å². The molecule has 0 atom stereocenters. The van der Waals surface area contributed by atoms with Gasteiger partial charge in [-0.1, -0.05) is 0 Å². The van der Waals surface area contributed by atoms with E-state index >= 15 is 0 Å². The molecule has 64 valence electrons. The molecule has 0 aliphatic rings. The summed E-state index contributed by atoms with van der Waals surface area (Å²) in [7, 11) is 1.28. The lowest BCUT2D eigenvalue weighted by Gasteiger charge is -1.99. The second kappa shape index (κ2) is 3.70. The van der Waals surface area contributed by atoms with E-state index in [-0.39, 0.29) is 11.3 Å².